The summed E-state index contributed by atoms with van der Waals surface area (Å²) in [5, 5.41) is 4.67. The summed E-state index contributed by atoms with van der Waals surface area (Å²) < 4.78 is 12.9. The molecule has 4 aromatic rings. The van der Waals surface area contributed by atoms with Crippen molar-refractivity contribution in [3.05, 3.63) is 80.5 Å². The van der Waals surface area contributed by atoms with Crippen molar-refractivity contribution in [2.24, 2.45) is 0 Å². The highest BCUT2D eigenvalue weighted by Gasteiger charge is 2.20. The second-order valence-electron chi connectivity index (χ2n) is 7.19. The lowest BCUT2D eigenvalue weighted by Crippen LogP contribution is -2.15. The maximum absolute atomic E-state index is 12.8. The quantitative estimate of drug-likeness (QED) is 0.270. The van der Waals surface area contributed by atoms with Crippen LogP contribution >= 0.6 is 22.7 Å². The number of ether oxygens (including phenoxy) is 2. The first-order valence-corrected chi connectivity index (χ1v) is 11.7. The van der Waals surface area contributed by atoms with E-state index in [1.54, 1.807) is 35.8 Å². The Hall–Kier alpha value is -3.30. The van der Waals surface area contributed by atoms with Gasteiger partial charge in [0, 0.05) is 27.7 Å². The lowest BCUT2D eigenvalue weighted by Gasteiger charge is -2.08. The molecule has 0 spiro atoms. The van der Waals surface area contributed by atoms with Crippen LogP contribution in [0.15, 0.2) is 46.6 Å². The number of aromatic nitrogens is 3. The summed E-state index contributed by atoms with van der Waals surface area (Å²) in [4.78, 5) is 33.9. The van der Waals surface area contributed by atoms with Gasteiger partial charge in [-0.05, 0) is 45.0 Å². The molecule has 0 aliphatic heterocycles. The number of rotatable bonds is 8. The molecule has 164 valence electrons. The fourth-order valence-corrected chi connectivity index (χ4v) is 4.71. The van der Waals surface area contributed by atoms with Gasteiger partial charge in [0.2, 0.25) is 5.78 Å². The second kappa shape index (κ2) is 9.46. The highest BCUT2D eigenvalue weighted by atomic mass is 32.1. The maximum Gasteiger partial charge on any atom is 0.338 e. The lowest BCUT2D eigenvalue weighted by molar-refractivity contribution is 0.0474. The highest BCUT2D eigenvalue weighted by Crippen LogP contribution is 2.24. The zero-order valence-corrected chi connectivity index (χ0v) is 19.5. The van der Waals surface area contributed by atoms with Crippen LogP contribution in [0.2, 0.25) is 0 Å². The summed E-state index contributed by atoms with van der Waals surface area (Å²) in [7, 11) is 0. The van der Waals surface area contributed by atoms with Crippen LogP contribution in [0, 0.1) is 20.8 Å². The van der Waals surface area contributed by atoms with E-state index < -0.39 is 5.97 Å². The van der Waals surface area contributed by atoms with E-state index in [1.165, 1.54) is 22.7 Å². The smallest absolute Gasteiger partial charge is 0.338 e. The standard InChI is InChI=1S/C23H21N3O4S2/c1-14-11-32-23(25-14)26-15(2)7-20(16(26)3)21(27)10-30-22(28)17-5-4-6-19(8-17)29-9-18-12-31-13-24-18/h4-8,11-13H,9-10H2,1-3H3. The van der Waals surface area contributed by atoms with Gasteiger partial charge >= 0.3 is 5.97 Å². The van der Waals surface area contributed by atoms with Gasteiger partial charge in [-0.2, -0.15) is 0 Å². The molecule has 0 amide bonds. The summed E-state index contributed by atoms with van der Waals surface area (Å²) in [6.07, 6.45) is 0. The van der Waals surface area contributed by atoms with Gasteiger partial charge in [-0.1, -0.05) is 6.07 Å². The Labute approximate surface area is 193 Å². The third-order valence-corrected chi connectivity index (χ3v) is 6.38. The number of carbonyl (C=O) groups excluding carboxylic acids is 2. The fourth-order valence-electron chi connectivity index (χ4n) is 3.25. The zero-order valence-electron chi connectivity index (χ0n) is 17.8. The van der Waals surface area contributed by atoms with Crippen LogP contribution < -0.4 is 4.74 Å². The van der Waals surface area contributed by atoms with Crippen LogP contribution in [0.25, 0.3) is 5.13 Å². The normalized spacial score (nSPS) is 10.8. The van der Waals surface area contributed by atoms with E-state index in [0.29, 0.717) is 23.5 Å². The number of hydrogen-bond donors (Lipinski definition) is 0. The van der Waals surface area contributed by atoms with Gasteiger partial charge in [0.15, 0.2) is 11.7 Å². The Balaban J connectivity index is 1.40. The molecule has 0 aliphatic rings. The number of aryl methyl sites for hydroxylation is 2. The van der Waals surface area contributed by atoms with Gasteiger partial charge in [0.1, 0.15) is 12.4 Å². The predicted octanol–water partition coefficient (Wildman–Crippen LogP) is 4.93. The molecular formula is C23H21N3O4S2. The summed E-state index contributed by atoms with van der Waals surface area (Å²) in [6, 6.07) is 8.48. The maximum atomic E-state index is 12.8. The number of esters is 1. The summed E-state index contributed by atoms with van der Waals surface area (Å²) >= 11 is 3.01. The van der Waals surface area contributed by atoms with Gasteiger partial charge in [-0.25, -0.2) is 14.8 Å². The van der Waals surface area contributed by atoms with Gasteiger partial charge in [-0.3, -0.25) is 9.36 Å². The largest absolute Gasteiger partial charge is 0.487 e. The van der Waals surface area contributed by atoms with Crippen LogP contribution in [0.4, 0.5) is 0 Å². The number of hydrogen-bond acceptors (Lipinski definition) is 8. The van der Waals surface area contributed by atoms with E-state index in [0.717, 1.165) is 27.9 Å². The molecule has 0 fully saturated rings. The van der Waals surface area contributed by atoms with E-state index in [2.05, 4.69) is 9.97 Å². The number of benzene rings is 1. The molecule has 0 bridgehead atoms. The number of ketones is 1. The summed E-state index contributed by atoms with van der Waals surface area (Å²) in [5.41, 5.74) is 5.99. The Kier molecular flexibility index (Phi) is 6.48. The van der Waals surface area contributed by atoms with Crippen LogP contribution in [0.1, 0.15) is 43.5 Å². The van der Waals surface area contributed by atoms with Crippen LogP contribution in [0.5, 0.6) is 5.75 Å². The third kappa shape index (κ3) is 4.79. The molecule has 3 aromatic heterocycles. The molecule has 0 atom stereocenters. The first-order chi connectivity index (χ1) is 15.4. The van der Waals surface area contributed by atoms with Crippen molar-refractivity contribution in [2.45, 2.75) is 27.4 Å². The minimum atomic E-state index is -0.582. The minimum Gasteiger partial charge on any atom is -0.487 e. The molecule has 0 saturated heterocycles. The van der Waals surface area contributed by atoms with Crippen molar-refractivity contribution < 1.29 is 19.1 Å². The lowest BCUT2D eigenvalue weighted by atomic mass is 10.1. The first-order valence-electron chi connectivity index (χ1n) is 9.84. The van der Waals surface area contributed by atoms with Gasteiger partial charge in [-0.15, -0.1) is 22.7 Å². The van der Waals surface area contributed by atoms with E-state index in [9.17, 15) is 9.59 Å². The molecule has 3 heterocycles. The monoisotopic (exact) mass is 467 g/mol. The van der Waals surface area contributed by atoms with E-state index in [4.69, 9.17) is 9.47 Å². The Morgan fingerprint density at radius 2 is 1.97 bits per heavy atom. The molecule has 0 saturated carbocycles. The van der Waals surface area contributed by atoms with E-state index >= 15 is 0 Å². The van der Waals surface area contributed by atoms with Crippen molar-refractivity contribution in [2.75, 3.05) is 6.61 Å². The molecule has 1 aromatic carbocycles. The molecule has 7 nitrogen and oxygen atoms in total. The molecule has 0 radical (unpaired) electrons. The molecule has 9 heteroatoms. The fraction of sp³-hybridized carbons (Fsp3) is 0.217. The van der Waals surface area contributed by atoms with Gasteiger partial charge < -0.3 is 9.47 Å². The van der Waals surface area contributed by atoms with Crippen LogP contribution in [-0.2, 0) is 11.3 Å². The number of thiazole rings is 2. The van der Waals surface area contributed by atoms with E-state index in [-0.39, 0.29) is 12.4 Å². The minimum absolute atomic E-state index is 0.262. The number of carbonyl (C=O) groups is 2. The Bertz CT molecular complexity index is 1260. The molecule has 0 unspecified atom stereocenters. The molecular weight excluding hydrogens is 446 g/mol. The van der Waals surface area contributed by atoms with Gasteiger partial charge in [0.25, 0.3) is 0 Å². The Morgan fingerprint density at radius 3 is 2.69 bits per heavy atom. The average Bonchev–Trinajstić information content (AvgIpc) is 3.51. The predicted molar refractivity (Wildman–Crippen MR) is 123 cm³/mol. The van der Waals surface area contributed by atoms with Gasteiger partial charge in [0.05, 0.1) is 22.5 Å². The van der Waals surface area contributed by atoms with Crippen molar-refractivity contribution in [3.63, 3.8) is 0 Å². The molecule has 0 N–H and O–H groups in total. The molecule has 4 rings (SSSR count). The number of Topliss-reactive ketones (excluding diaryl/α,β-unsaturated/α-hetero) is 1. The van der Waals surface area contributed by atoms with Crippen molar-refractivity contribution >= 4 is 34.4 Å². The molecule has 32 heavy (non-hydrogen) atoms. The highest BCUT2D eigenvalue weighted by molar-refractivity contribution is 7.12. The SMILES string of the molecule is Cc1csc(-n2c(C)cc(C(=O)COC(=O)c3cccc(OCc4cscn4)c3)c2C)n1. The van der Waals surface area contributed by atoms with E-state index in [1.807, 2.05) is 36.1 Å². The van der Waals surface area contributed by atoms with Crippen molar-refractivity contribution in [3.8, 4) is 10.9 Å². The van der Waals surface area contributed by atoms with Crippen molar-refractivity contribution in [1.82, 2.24) is 14.5 Å². The number of nitrogens with zero attached hydrogens (tertiary/aromatic N) is 3. The molecule has 0 aliphatic carbocycles. The third-order valence-electron chi connectivity index (χ3n) is 4.80. The van der Waals surface area contributed by atoms with Crippen LogP contribution in [0.3, 0.4) is 0 Å². The topological polar surface area (TPSA) is 83.3 Å². The summed E-state index contributed by atoms with van der Waals surface area (Å²) in [6.45, 7) is 5.68. The first kappa shape index (κ1) is 21.9. The van der Waals surface area contributed by atoms with Crippen molar-refractivity contribution in [1.29, 1.82) is 0 Å². The average molecular weight is 468 g/mol. The Morgan fingerprint density at radius 1 is 1.12 bits per heavy atom. The van der Waals surface area contributed by atoms with Crippen LogP contribution in [-0.4, -0.2) is 32.9 Å². The zero-order chi connectivity index (χ0) is 22.7. The summed E-state index contributed by atoms with van der Waals surface area (Å²) in [5.74, 6) is -0.315. The second-order valence-corrected chi connectivity index (χ2v) is 8.74.